The zero-order valence-electron chi connectivity index (χ0n) is 19.0. The fraction of sp³-hybridized carbons (Fsp3) is 0.167. The first-order chi connectivity index (χ1) is 16.7. The van der Waals surface area contributed by atoms with Crippen molar-refractivity contribution in [2.75, 3.05) is 0 Å². The molecule has 0 bridgehead atoms. The van der Waals surface area contributed by atoms with E-state index in [4.69, 9.17) is 16.3 Å². The van der Waals surface area contributed by atoms with Gasteiger partial charge >= 0.3 is 5.97 Å². The Labute approximate surface area is 206 Å². The summed E-state index contributed by atoms with van der Waals surface area (Å²) >= 11 is 7.03. The Morgan fingerprint density at radius 3 is 1.53 bits per heavy atom. The smallest absolute Gasteiger partial charge is 0.325 e. The second-order valence-electron chi connectivity index (χ2n) is 8.23. The minimum absolute atomic E-state index is 0.207. The number of rotatable bonds is 10. The maximum absolute atomic E-state index is 13.6. The number of benzene rings is 4. The first-order valence-corrected chi connectivity index (χ1v) is 11.9. The van der Waals surface area contributed by atoms with Crippen molar-refractivity contribution in [1.82, 2.24) is 4.90 Å². The lowest BCUT2D eigenvalue weighted by Crippen LogP contribution is -2.44. The number of hydrogen-bond acceptors (Lipinski definition) is 3. The van der Waals surface area contributed by atoms with Crippen molar-refractivity contribution in [3.05, 3.63) is 144 Å². The van der Waals surface area contributed by atoms with Crippen LogP contribution in [-0.2, 0) is 29.2 Å². The Morgan fingerprint density at radius 1 is 0.647 bits per heavy atom. The van der Waals surface area contributed by atoms with Gasteiger partial charge in [-0.2, -0.15) is 0 Å². The molecule has 0 unspecified atom stereocenters. The predicted octanol–water partition coefficient (Wildman–Crippen LogP) is 6.78. The van der Waals surface area contributed by atoms with Crippen molar-refractivity contribution in [3.63, 3.8) is 0 Å². The largest absolute Gasteiger partial charge is 0.460 e. The molecule has 0 saturated carbocycles. The average molecular weight is 470 g/mol. The van der Waals surface area contributed by atoms with Crippen molar-refractivity contribution in [1.29, 1.82) is 0 Å². The highest BCUT2D eigenvalue weighted by Gasteiger charge is 2.35. The van der Waals surface area contributed by atoms with Crippen LogP contribution in [0.1, 0.15) is 27.6 Å². The van der Waals surface area contributed by atoms with Crippen LogP contribution >= 0.6 is 11.6 Å². The average Bonchev–Trinajstić information content (AvgIpc) is 2.90. The van der Waals surface area contributed by atoms with Gasteiger partial charge < -0.3 is 4.74 Å². The van der Waals surface area contributed by atoms with Crippen molar-refractivity contribution in [2.45, 2.75) is 31.1 Å². The molecule has 0 radical (unpaired) electrons. The van der Waals surface area contributed by atoms with Gasteiger partial charge in [0.05, 0.1) is 5.38 Å². The Bertz CT molecular complexity index is 1100. The molecule has 3 nitrogen and oxygen atoms in total. The molecule has 0 aliphatic rings. The summed E-state index contributed by atoms with van der Waals surface area (Å²) in [5.41, 5.74) is 4.04. The molecule has 0 saturated heterocycles. The van der Waals surface area contributed by atoms with E-state index in [-0.39, 0.29) is 12.6 Å². The van der Waals surface area contributed by atoms with E-state index >= 15 is 0 Å². The summed E-state index contributed by atoms with van der Waals surface area (Å²) in [5, 5.41) is -0.572. The van der Waals surface area contributed by atoms with Gasteiger partial charge in [0.15, 0.2) is 0 Å². The SMILES string of the molecule is O=C(OCc1ccccc1)[C@H]([C@@H](Cl)c1ccccc1)N(Cc1ccccc1)Cc1ccccc1. The van der Waals surface area contributed by atoms with E-state index in [0.29, 0.717) is 13.1 Å². The summed E-state index contributed by atoms with van der Waals surface area (Å²) in [6.07, 6.45) is 0. The topological polar surface area (TPSA) is 29.5 Å². The summed E-state index contributed by atoms with van der Waals surface area (Å²) in [6, 6.07) is 39.1. The summed E-state index contributed by atoms with van der Waals surface area (Å²) in [4.78, 5) is 15.7. The van der Waals surface area contributed by atoms with Crippen molar-refractivity contribution in [3.8, 4) is 0 Å². The number of nitrogens with zero attached hydrogens (tertiary/aromatic N) is 1. The number of carbonyl (C=O) groups is 1. The number of halogens is 1. The van der Waals surface area contributed by atoms with Crippen LogP contribution in [0.3, 0.4) is 0 Å². The van der Waals surface area contributed by atoms with Crippen molar-refractivity contribution >= 4 is 17.6 Å². The van der Waals surface area contributed by atoms with E-state index in [1.807, 2.05) is 97.1 Å². The number of esters is 1. The second kappa shape index (κ2) is 12.2. The molecule has 0 heterocycles. The van der Waals surface area contributed by atoms with Crippen LogP contribution < -0.4 is 0 Å². The van der Waals surface area contributed by atoms with Gasteiger partial charge in [-0.1, -0.05) is 121 Å². The normalized spacial score (nSPS) is 12.8. The molecule has 0 aromatic heterocycles. The summed E-state index contributed by atoms with van der Waals surface area (Å²) < 4.78 is 5.82. The molecule has 4 heteroatoms. The van der Waals surface area contributed by atoms with Crippen LogP contribution in [0.5, 0.6) is 0 Å². The third-order valence-electron chi connectivity index (χ3n) is 5.71. The maximum atomic E-state index is 13.6. The molecular formula is C30H28ClNO2. The Morgan fingerprint density at radius 2 is 1.06 bits per heavy atom. The van der Waals surface area contributed by atoms with E-state index in [9.17, 15) is 4.79 Å². The minimum Gasteiger partial charge on any atom is -0.460 e. The zero-order valence-corrected chi connectivity index (χ0v) is 19.7. The van der Waals surface area contributed by atoms with Gasteiger partial charge in [0, 0.05) is 13.1 Å². The fourth-order valence-corrected chi connectivity index (χ4v) is 4.38. The second-order valence-corrected chi connectivity index (χ2v) is 8.70. The molecule has 4 rings (SSSR count). The van der Waals surface area contributed by atoms with Crippen molar-refractivity contribution < 1.29 is 9.53 Å². The lowest BCUT2D eigenvalue weighted by Gasteiger charge is -2.33. The van der Waals surface area contributed by atoms with Crippen LogP contribution in [0.4, 0.5) is 0 Å². The molecule has 4 aromatic rings. The fourth-order valence-electron chi connectivity index (χ4n) is 3.98. The third kappa shape index (κ3) is 6.57. The van der Waals surface area contributed by atoms with Gasteiger partial charge in [-0.05, 0) is 22.3 Å². The van der Waals surface area contributed by atoms with E-state index in [2.05, 4.69) is 29.2 Å². The molecule has 0 aliphatic carbocycles. The van der Waals surface area contributed by atoms with Crippen LogP contribution in [0.2, 0.25) is 0 Å². The highest BCUT2D eigenvalue weighted by molar-refractivity contribution is 6.22. The molecule has 34 heavy (non-hydrogen) atoms. The molecule has 0 aliphatic heterocycles. The number of ether oxygens (including phenoxy) is 1. The van der Waals surface area contributed by atoms with Crippen LogP contribution in [-0.4, -0.2) is 16.9 Å². The standard InChI is InChI=1S/C30H28ClNO2/c31-28(27-19-11-4-12-20-27)29(30(33)34-23-26-17-9-3-10-18-26)32(21-24-13-5-1-6-14-24)22-25-15-7-2-8-16-25/h1-20,28-29H,21-23H2/t28-,29-/m0/s1. The monoisotopic (exact) mass is 469 g/mol. The van der Waals surface area contributed by atoms with Gasteiger partial charge in [0.2, 0.25) is 0 Å². The van der Waals surface area contributed by atoms with Crippen LogP contribution in [0.15, 0.2) is 121 Å². The quantitative estimate of drug-likeness (QED) is 0.189. The molecule has 4 aromatic carbocycles. The van der Waals surface area contributed by atoms with Crippen molar-refractivity contribution in [2.24, 2.45) is 0 Å². The predicted molar refractivity (Wildman–Crippen MR) is 137 cm³/mol. The summed E-state index contributed by atoms with van der Waals surface area (Å²) in [5.74, 6) is -0.334. The first-order valence-electron chi connectivity index (χ1n) is 11.4. The van der Waals surface area contributed by atoms with Crippen LogP contribution in [0, 0.1) is 0 Å². The zero-order chi connectivity index (χ0) is 23.6. The molecule has 0 N–H and O–H groups in total. The maximum Gasteiger partial charge on any atom is 0.325 e. The molecule has 0 fully saturated rings. The molecule has 0 spiro atoms. The Kier molecular flexibility index (Phi) is 8.50. The molecule has 2 atom stereocenters. The number of alkyl halides is 1. The molecule has 0 amide bonds. The lowest BCUT2D eigenvalue weighted by atomic mass is 10.0. The lowest BCUT2D eigenvalue weighted by molar-refractivity contribution is -0.152. The Hall–Kier alpha value is -3.40. The summed E-state index contributed by atoms with van der Waals surface area (Å²) in [6.45, 7) is 1.34. The minimum atomic E-state index is -0.673. The first kappa shape index (κ1) is 23.7. The van der Waals surface area contributed by atoms with E-state index in [1.165, 1.54) is 0 Å². The van der Waals surface area contributed by atoms with Gasteiger partial charge in [0.25, 0.3) is 0 Å². The summed E-state index contributed by atoms with van der Waals surface area (Å²) in [7, 11) is 0. The number of hydrogen-bond donors (Lipinski definition) is 0. The highest BCUT2D eigenvalue weighted by atomic mass is 35.5. The van der Waals surface area contributed by atoms with E-state index in [1.54, 1.807) is 0 Å². The van der Waals surface area contributed by atoms with E-state index < -0.39 is 11.4 Å². The van der Waals surface area contributed by atoms with Crippen LogP contribution in [0.25, 0.3) is 0 Å². The third-order valence-corrected chi connectivity index (χ3v) is 6.20. The van der Waals surface area contributed by atoms with Gasteiger partial charge in [-0.25, -0.2) is 0 Å². The Balaban J connectivity index is 1.66. The molecular weight excluding hydrogens is 442 g/mol. The van der Waals surface area contributed by atoms with Gasteiger partial charge in [-0.15, -0.1) is 11.6 Å². The van der Waals surface area contributed by atoms with Gasteiger partial charge in [-0.3, -0.25) is 9.69 Å². The highest BCUT2D eigenvalue weighted by Crippen LogP contribution is 2.31. The number of carbonyl (C=O) groups excluding carboxylic acids is 1. The molecule has 172 valence electrons. The van der Waals surface area contributed by atoms with E-state index in [0.717, 1.165) is 22.3 Å². The van der Waals surface area contributed by atoms with Gasteiger partial charge in [0.1, 0.15) is 12.6 Å².